The van der Waals surface area contributed by atoms with Crippen molar-refractivity contribution in [2.24, 2.45) is 50.2 Å². The highest BCUT2D eigenvalue weighted by Gasteiger charge is 2.69. The molecular formula is C36H56O9. The molecule has 5 aliphatic carbocycles. The van der Waals surface area contributed by atoms with Crippen molar-refractivity contribution in [1.29, 1.82) is 0 Å². The maximum absolute atomic E-state index is 12.9. The van der Waals surface area contributed by atoms with Gasteiger partial charge in [-0.1, -0.05) is 60.1 Å². The molecule has 13 atom stereocenters. The first-order chi connectivity index (χ1) is 20.7. The molecule has 3 unspecified atom stereocenters. The molecule has 0 aromatic rings. The van der Waals surface area contributed by atoms with E-state index in [9.17, 15) is 35.1 Å². The number of allylic oxidation sites excluding steroid dienone is 2. The molecule has 5 fully saturated rings. The average molecular weight is 633 g/mol. The van der Waals surface area contributed by atoms with Gasteiger partial charge >= 0.3 is 11.9 Å². The zero-order chi connectivity index (χ0) is 33.1. The van der Waals surface area contributed by atoms with Crippen molar-refractivity contribution in [3.8, 4) is 0 Å². The van der Waals surface area contributed by atoms with E-state index < -0.39 is 48.1 Å². The number of hydrogen-bond acceptors (Lipinski definition) is 7. The van der Waals surface area contributed by atoms with Gasteiger partial charge in [-0.05, 0) is 109 Å². The second-order valence-corrected chi connectivity index (χ2v) is 17.9. The summed E-state index contributed by atoms with van der Waals surface area (Å²) in [7, 11) is 0. The standard InChI is InChI=1S/C36H56O9/c1-31(2)14-16-36(30(42)43)17-15-34(6)19(20(36)18-31)8-9-22-33(5)12-11-23(32(3,4)21(33)10-13-35(22,34)7)44-29-26(39)24(37)25(38)27(45-29)28(40)41/h8,20-27,29,37-39H,9-18H2,1-7H3,(H,40,41)(H,42,43)/t20?,21?,22?,23-,24+,25-,26+,27-,29+,33-,34+,35+,36-/m0/s1. The lowest BCUT2D eigenvalue weighted by atomic mass is 9.33. The molecule has 0 radical (unpaired) electrons. The van der Waals surface area contributed by atoms with E-state index in [4.69, 9.17) is 9.47 Å². The molecule has 254 valence electrons. The Morgan fingerprint density at radius 3 is 2.13 bits per heavy atom. The Morgan fingerprint density at radius 1 is 0.822 bits per heavy atom. The molecule has 5 N–H and O–H groups in total. The second-order valence-electron chi connectivity index (χ2n) is 17.9. The third kappa shape index (κ3) is 4.57. The van der Waals surface area contributed by atoms with Crippen LogP contribution < -0.4 is 0 Å². The maximum Gasteiger partial charge on any atom is 0.335 e. The number of hydrogen-bond donors (Lipinski definition) is 5. The van der Waals surface area contributed by atoms with E-state index in [0.717, 1.165) is 57.8 Å². The molecule has 1 aliphatic heterocycles. The van der Waals surface area contributed by atoms with Crippen molar-refractivity contribution >= 4 is 11.9 Å². The monoisotopic (exact) mass is 632 g/mol. The number of ether oxygens (including phenoxy) is 2. The van der Waals surface area contributed by atoms with Gasteiger partial charge in [0, 0.05) is 0 Å². The molecule has 45 heavy (non-hydrogen) atoms. The van der Waals surface area contributed by atoms with E-state index >= 15 is 0 Å². The van der Waals surface area contributed by atoms with E-state index in [2.05, 4.69) is 54.5 Å². The van der Waals surface area contributed by atoms with E-state index in [1.807, 2.05) is 0 Å². The Bertz CT molecular complexity index is 1260. The average Bonchev–Trinajstić information content (AvgIpc) is 2.94. The predicted molar refractivity (Wildman–Crippen MR) is 166 cm³/mol. The van der Waals surface area contributed by atoms with Crippen LogP contribution in [-0.4, -0.2) is 74.3 Å². The van der Waals surface area contributed by atoms with Gasteiger partial charge in [0.15, 0.2) is 12.4 Å². The van der Waals surface area contributed by atoms with Crippen LogP contribution in [-0.2, 0) is 19.1 Å². The van der Waals surface area contributed by atoms with Crippen molar-refractivity contribution in [2.45, 2.75) is 149 Å². The van der Waals surface area contributed by atoms with E-state index in [1.54, 1.807) is 0 Å². The van der Waals surface area contributed by atoms with Gasteiger partial charge in [0.05, 0.1) is 11.5 Å². The minimum absolute atomic E-state index is 0.0000841. The first-order valence-corrected chi connectivity index (χ1v) is 17.3. The molecule has 0 spiro atoms. The third-order valence-electron chi connectivity index (χ3n) is 15.1. The van der Waals surface area contributed by atoms with Gasteiger partial charge in [0.1, 0.15) is 18.3 Å². The summed E-state index contributed by atoms with van der Waals surface area (Å²) in [5, 5.41) is 51.4. The largest absolute Gasteiger partial charge is 0.481 e. The summed E-state index contributed by atoms with van der Waals surface area (Å²) in [5.74, 6) is -1.24. The second kappa shape index (κ2) is 10.5. The summed E-state index contributed by atoms with van der Waals surface area (Å²) < 4.78 is 11.9. The smallest absolute Gasteiger partial charge is 0.335 e. The lowest BCUT2D eigenvalue weighted by Gasteiger charge is -2.71. The fraction of sp³-hybridized carbons (Fsp3) is 0.889. The molecule has 9 nitrogen and oxygen atoms in total. The first kappa shape index (κ1) is 33.4. The molecule has 0 aromatic carbocycles. The van der Waals surface area contributed by atoms with Gasteiger partial charge in [0.2, 0.25) is 0 Å². The van der Waals surface area contributed by atoms with Gasteiger partial charge in [-0.2, -0.15) is 0 Å². The molecule has 0 amide bonds. The van der Waals surface area contributed by atoms with Crippen LogP contribution in [0, 0.1) is 50.2 Å². The number of fused-ring (bicyclic) bond motifs is 7. The number of carboxylic acids is 2. The normalized spacial score (nSPS) is 51.9. The van der Waals surface area contributed by atoms with E-state index in [0.29, 0.717) is 18.3 Å². The molecule has 1 heterocycles. The van der Waals surface area contributed by atoms with Crippen LogP contribution in [0.2, 0.25) is 0 Å². The van der Waals surface area contributed by atoms with Gasteiger partial charge in [-0.15, -0.1) is 0 Å². The highest BCUT2D eigenvalue weighted by Crippen LogP contribution is 2.76. The maximum atomic E-state index is 12.9. The minimum Gasteiger partial charge on any atom is -0.481 e. The Morgan fingerprint density at radius 2 is 1.49 bits per heavy atom. The lowest BCUT2D eigenvalue weighted by molar-refractivity contribution is -0.324. The van der Waals surface area contributed by atoms with Crippen LogP contribution in [0.1, 0.15) is 113 Å². The number of aliphatic carboxylic acids is 2. The Hall–Kier alpha value is -1.52. The summed E-state index contributed by atoms with van der Waals surface area (Å²) >= 11 is 0. The SMILES string of the molecule is CC1(C)CC[C@]2(C(=O)O)CC[C@]3(C)C(=CCC4[C@@]5(C)CC[C@H](O[C@@H]6O[C@H](C(=O)O)[C@@H](O)[C@@H](O)[C@H]6O)C(C)(C)C5CC[C@]43C)C2C1. The van der Waals surface area contributed by atoms with Gasteiger partial charge in [0.25, 0.3) is 0 Å². The number of carboxylic acid groups (broad SMARTS) is 2. The molecular weight excluding hydrogens is 576 g/mol. The van der Waals surface area contributed by atoms with Crippen LogP contribution in [0.3, 0.4) is 0 Å². The highest BCUT2D eigenvalue weighted by atomic mass is 16.7. The predicted octanol–water partition coefficient (Wildman–Crippen LogP) is 5.15. The quantitative estimate of drug-likeness (QED) is 0.209. The van der Waals surface area contributed by atoms with E-state index in [1.165, 1.54) is 5.57 Å². The Labute approximate surface area is 267 Å². The molecule has 4 saturated carbocycles. The summed E-state index contributed by atoms with van der Waals surface area (Å²) in [6.45, 7) is 16.4. The lowest BCUT2D eigenvalue weighted by Crippen LogP contribution is -2.66. The number of carbonyl (C=O) groups is 2. The fourth-order valence-corrected chi connectivity index (χ4v) is 12.2. The molecule has 6 aliphatic rings. The molecule has 0 aromatic heterocycles. The van der Waals surface area contributed by atoms with Crippen LogP contribution in [0.15, 0.2) is 11.6 Å². The number of aliphatic hydroxyl groups is 3. The number of rotatable bonds is 4. The highest BCUT2D eigenvalue weighted by molar-refractivity contribution is 5.76. The van der Waals surface area contributed by atoms with Gasteiger partial charge in [-0.3, -0.25) is 4.79 Å². The van der Waals surface area contributed by atoms with E-state index in [-0.39, 0.29) is 39.1 Å². The zero-order valence-corrected chi connectivity index (χ0v) is 28.2. The van der Waals surface area contributed by atoms with Crippen LogP contribution in [0.5, 0.6) is 0 Å². The summed E-state index contributed by atoms with van der Waals surface area (Å²) in [6.07, 6.45) is 2.94. The first-order valence-electron chi connectivity index (χ1n) is 17.3. The van der Waals surface area contributed by atoms with Crippen LogP contribution in [0.25, 0.3) is 0 Å². The van der Waals surface area contributed by atoms with Crippen molar-refractivity contribution in [2.75, 3.05) is 0 Å². The molecule has 1 saturated heterocycles. The summed E-state index contributed by atoms with van der Waals surface area (Å²) in [4.78, 5) is 24.6. The van der Waals surface area contributed by atoms with Gasteiger partial charge < -0.3 is 35.0 Å². The van der Waals surface area contributed by atoms with Crippen molar-refractivity contribution < 1.29 is 44.6 Å². The van der Waals surface area contributed by atoms with Crippen molar-refractivity contribution in [3.63, 3.8) is 0 Å². The molecule has 9 heteroatoms. The summed E-state index contributed by atoms with van der Waals surface area (Å²) in [6, 6.07) is 0. The number of aliphatic hydroxyl groups excluding tert-OH is 3. The fourth-order valence-electron chi connectivity index (χ4n) is 12.2. The Balaban J connectivity index is 1.29. The van der Waals surface area contributed by atoms with Crippen molar-refractivity contribution in [3.05, 3.63) is 11.6 Å². The van der Waals surface area contributed by atoms with Gasteiger partial charge in [-0.25, -0.2) is 4.79 Å². The minimum atomic E-state index is -1.75. The van der Waals surface area contributed by atoms with Crippen LogP contribution >= 0.6 is 0 Å². The molecule has 6 rings (SSSR count). The van der Waals surface area contributed by atoms with Crippen LogP contribution in [0.4, 0.5) is 0 Å². The van der Waals surface area contributed by atoms with Crippen molar-refractivity contribution in [1.82, 2.24) is 0 Å². The summed E-state index contributed by atoms with van der Waals surface area (Å²) in [5.41, 5.74) is 0.508. The molecule has 0 bridgehead atoms. The third-order valence-corrected chi connectivity index (χ3v) is 15.1. The zero-order valence-electron chi connectivity index (χ0n) is 28.2. The Kier molecular flexibility index (Phi) is 7.78. The topological polar surface area (TPSA) is 154 Å².